The first-order valence-corrected chi connectivity index (χ1v) is 16.1. The number of hydrogen-bond donors (Lipinski definition) is 0. The molecule has 0 saturated heterocycles. The summed E-state index contributed by atoms with van der Waals surface area (Å²) in [4.78, 5) is 0. The van der Waals surface area contributed by atoms with Crippen molar-refractivity contribution in [2.45, 2.75) is 122 Å². The minimum atomic E-state index is 0.718. The molecule has 204 valence electrons. The lowest BCUT2D eigenvalue weighted by molar-refractivity contribution is 0.209. The lowest BCUT2D eigenvalue weighted by Gasteiger charge is -2.31. The Labute approximate surface area is 226 Å². The van der Waals surface area contributed by atoms with Crippen molar-refractivity contribution in [3.8, 4) is 11.5 Å². The van der Waals surface area contributed by atoms with Crippen LogP contribution in [0.5, 0.6) is 11.5 Å². The number of hydrogen-bond acceptors (Lipinski definition) is 2. The predicted molar refractivity (Wildman–Crippen MR) is 157 cm³/mol. The van der Waals surface area contributed by atoms with Crippen LogP contribution in [0.15, 0.2) is 30.3 Å². The number of aryl methyl sites for hydroxylation is 1. The summed E-state index contributed by atoms with van der Waals surface area (Å²) in [7, 11) is 0. The zero-order valence-electron chi connectivity index (χ0n) is 23.7. The van der Waals surface area contributed by atoms with Crippen molar-refractivity contribution in [3.05, 3.63) is 35.9 Å². The fourth-order valence-electron chi connectivity index (χ4n) is 7.75. The van der Waals surface area contributed by atoms with Crippen LogP contribution in [0.25, 0.3) is 10.8 Å². The third-order valence-electron chi connectivity index (χ3n) is 10.1. The average molecular weight is 505 g/mol. The first-order valence-electron chi connectivity index (χ1n) is 16.1. The van der Waals surface area contributed by atoms with Gasteiger partial charge < -0.3 is 9.47 Å². The molecule has 0 heterocycles. The molecule has 2 nitrogen and oxygen atoms in total. The minimum Gasteiger partial charge on any atom is -0.493 e. The Morgan fingerprint density at radius 2 is 1.27 bits per heavy atom. The van der Waals surface area contributed by atoms with Gasteiger partial charge in [-0.2, -0.15) is 0 Å². The molecule has 5 rings (SSSR count). The van der Waals surface area contributed by atoms with Gasteiger partial charge in [0.05, 0.1) is 13.2 Å². The molecule has 37 heavy (non-hydrogen) atoms. The number of ether oxygens (including phenoxy) is 2. The maximum atomic E-state index is 6.62. The van der Waals surface area contributed by atoms with E-state index in [9.17, 15) is 0 Å². The summed E-state index contributed by atoms with van der Waals surface area (Å²) >= 11 is 0. The lowest BCUT2D eigenvalue weighted by Crippen LogP contribution is -2.19. The van der Waals surface area contributed by atoms with Crippen LogP contribution < -0.4 is 9.47 Å². The van der Waals surface area contributed by atoms with Crippen LogP contribution in [-0.2, 0) is 6.42 Å². The van der Waals surface area contributed by atoms with Crippen LogP contribution in [0, 0.1) is 23.7 Å². The van der Waals surface area contributed by atoms with E-state index in [1.807, 2.05) is 0 Å². The second-order valence-corrected chi connectivity index (χ2v) is 12.6. The van der Waals surface area contributed by atoms with E-state index in [1.165, 1.54) is 125 Å². The summed E-state index contributed by atoms with van der Waals surface area (Å²) in [5.41, 5.74) is 1.46. The molecule has 3 fully saturated rings. The molecule has 0 aromatic heterocycles. The molecule has 0 radical (unpaired) electrons. The molecular weight excluding hydrogens is 452 g/mol. The van der Waals surface area contributed by atoms with Gasteiger partial charge in [0.25, 0.3) is 0 Å². The molecule has 3 aliphatic carbocycles. The molecule has 0 spiro atoms. The van der Waals surface area contributed by atoms with Crippen molar-refractivity contribution in [3.63, 3.8) is 0 Å². The summed E-state index contributed by atoms with van der Waals surface area (Å²) in [5.74, 6) is 5.48. The van der Waals surface area contributed by atoms with Gasteiger partial charge in [-0.3, -0.25) is 0 Å². The average Bonchev–Trinajstić information content (AvgIpc) is 2.96. The highest BCUT2D eigenvalue weighted by molar-refractivity contribution is 5.95. The highest BCUT2D eigenvalue weighted by Crippen LogP contribution is 2.39. The summed E-state index contributed by atoms with van der Waals surface area (Å²) < 4.78 is 13.2. The van der Waals surface area contributed by atoms with Gasteiger partial charge in [0.1, 0.15) is 11.5 Å². The minimum absolute atomic E-state index is 0.718. The zero-order valence-corrected chi connectivity index (χ0v) is 23.7. The van der Waals surface area contributed by atoms with Gasteiger partial charge in [0.2, 0.25) is 0 Å². The van der Waals surface area contributed by atoms with Crippen molar-refractivity contribution in [2.75, 3.05) is 13.2 Å². The zero-order chi connectivity index (χ0) is 25.3. The van der Waals surface area contributed by atoms with Crippen LogP contribution in [0.4, 0.5) is 0 Å². The van der Waals surface area contributed by atoms with Gasteiger partial charge in [-0.15, -0.1) is 0 Å². The van der Waals surface area contributed by atoms with Gasteiger partial charge >= 0.3 is 0 Å². The van der Waals surface area contributed by atoms with E-state index >= 15 is 0 Å². The lowest BCUT2D eigenvalue weighted by atomic mass is 9.75. The van der Waals surface area contributed by atoms with Crippen LogP contribution in [0.1, 0.15) is 122 Å². The summed E-state index contributed by atoms with van der Waals surface area (Å²) in [6.07, 6.45) is 24.5. The Bertz CT molecular complexity index is 953. The van der Waals surface area contributed by atoms with Gasteiger partial charge in [-0.1, -0.05) is 95.8 Å². The molecule has 2 aromatic rings. The first kappa shape index (κ1) is 26.9. The molecular formula is C35H52O2. The number of rotatable bonds is 11. The molecule has 0 bridgehead atoms. The van der Waals surface area contributed by atoms with E-state index in [2.05, 4.69) is 37.3 Å². The van der Waals surface area contributed by atoms with Gasteiger partial charge in [-0.25, -0.2) is 0 Å². The summed E-state index contributed by atoms with van der Waals surface area (Å²) in [5, 5.41) is 2.59. The SMILES string of the molecule is CCC1CCCCC1CCCc1ccc(OCC2CCCCC2)c2cccc(OCC3CCCCC3)c12. The standard InChI is InChI=1S/C35H52O2/c1-2-29-17-9-10-18-30(29)19-11-20-31-23-24-33(36-25-27-13-5-3-6-14-27)32-21-12-22-34(35(31)32)37-26-28-15-7-4-8-16-28/h12,21-24,27-30H,2-11,13-20,25-26H2,1H3. The Morgan fingerprint density at radius 1 is 0.649 bits per heavy atom. The van der Waals surface area contributed by atoms with Crippen molar-refractivity contribution in [1.29, 1.82) is 0 Å². The molecule has 2 atom stereocenters. The smallest absolute Gasteiger partial charge is 0.127 e. The normalized spacial score (nSPS) is 23.8. The van der Waals surface area contributed by atoms with E-state index in [1.54, 1.807) is 0 Å². The van der Waals surface area contributed by atoms with Crippen LogP contribution in [0.3, 0.4) is 0 Å². The first-order chi connectivity index (χ1) is 18.3. The molecule has 0 aliphatic heterocycles. The van der Waals surface area contributed by atoms with E-state index in [0.717, 1.165) is 54.8 Å². The highest BCUT2D eigenvalue weighted by atomic mass is 16.5. The molecule has 3 aliphatic rings. The van der Waals surface area contributed by atoms with Crippen molar-refractivity contribution in [2.24, 2.45) is 23.7 Å². The molecule has 2 unspecified atom stereocenters. The number of benzene rings is 2. The van der Waals surface area contributed by atoms with Gasteiger partial charge in [0.15, 0.2) is 0 Å². The molecule has 2 heteroatoms. The third-order valence-corrected chi connectivity index (χ3v) is 10.1. The van der Waals surface area contributed by atoms with E-state index in [4.69, 9.17) is 9.47 Å². The monoisotopic (exact) mass is 504 g/mol. The van der Waals surface area contributed by atoms with Crippen molar-refractivity contribution in [1.82, 2.24) is 0 Å². The largest absolute Gasteiger partial charge is 0.493 e. The molecule has 2 aromatic carbocycles. The maximum Gasteiger partial charge on any atom is 0.127 e. The third kappa shape index (κ3) is 7.24. The maximum absolute atomic E-state index is 6.62. The topological polar surface area (TPSA) is 18.5 Å². The van der Waals surface area contributed by atoms with E-state index in [0.29, 0.717) is 0 Å². The van der Waals surface area contributed by atoms with Crippen LogP contribution >= 0.6 is 0 Å². The Kier molecular flexibility index (Phi) is 10.1. The molecule has 0 amide bonds. The van der Waals surface area contributed by atoms with Crippen molar-refractivity contribution >= 4 is 10.8 Å². The quantitative estimate of drug-likeness (QED) is 0.303. The fourth-order valence-corrected chi connectivity index (χ4v) is 7.75. The highest BCUT2D eigenvalue weighted by Gasteiger charge is 2.24. The summed E-state index contributed by atoms with van der Waals surface area (Å²) in [6, 6.07) is 11.3. The molecule has 3 saturated carbocycles. The Balaban J connectivity index is 1.33. The number of fused-ring (bicyclic) bond motifs is 1. The van der Waals surface area contributed by atoms with Crippen molar-refractivity contribution < 1.29 is 9.47 Å². The second kappa shape index (κ2) is 13.9. The van der Waals surface area contributed by atoms with Gasteiger partial charge in [-0.05, 0) is 86.3 Å². The fraction of sp³-hybridized carbons (Fsp3) is 0.714. The van der Waals surface area contributed by atoms with Crippen LogP contribution in [-0.4, -0.2) is 13.2 Å². The summed E-state index contributed by atoms with van der Waals surface area (Å²) in [6.45, 7) is 4.13. The Hall–Kier alpha value is -1.70. The molecule has 0 N–H and O–H groups in total. The second-order valence-electron chi connectivity index (χ2n) is 12.6. The Morgan fingerprint density at radius 3 is 1.95 bits per heavy atom. The van der Waals surface area contributed by atoms with Crippen LogP contribution in [0.2, 0.25) is 0 Å². The van der Waals surface area contributed by atoms with Gasteiger partial charge in [0, 0.05) is 10.8 Å². The van der Waals surface area contributed by atoms with E-state index in [-0.39, 0.29) is 0 Å². The predicted octanol–water partition coefficient (Wildman–Crippen LogP) is 10.3. The van der Waals surface area contributed by atoms with E-state index < -0.39 is 0 Å².